The van der Waals surface area contributed by atoms with Gasteiger partial charge in [0.25, 0.3) is 0 Å². The van der Waals surface area contributed by atoms with Crippen LogP contribution in [0.5, 0.6) is 0 Å². The molecule has 0 aliphatic carbocycles. The fraction of sp³-hybridized carbons (Fsp3) is 0.438. The van der Waals surface area contributed by atoms with Crippen LogP contribution in [0.1, 0.15) is 5.69 Å². The first kappa shape index (κ1) is 16.4. The van der Waals surface area contributed by atoms with Crippen LogP contribution in [0.15, 0.2) is 30.5 Å². The summed E-state index contributed by atoms with van der Waals surface area (Å²) in [4.78, 5) is 2.40. The molecular formula is C16H19F2N3OS. The van der Waals surface area contributed by atoms with Gasteiger partial charge in [0.05, 0.1) is 24.6 Å². The third-order valence-corrected chi connectivity index (χ3v) is 4.66. The minimum absolute atomic E-state index is 0.416. The zero-order valence-corrected chi connectivity index (χ0v) is 13.6. The predicted octanol–water partition coefficient (Wildman–Crippen LogP) is 2.72. The predicted molar refractivity (Wildman–Crippen MR) is 86.9 cm³/mol. The van der Waals surface area contributed by atoms with Crippen molar-refractivity contribution < 1.29 is 13.5 Å². The second-order valence-corrected chi connectivity index (χ2v) is 6.58. The van der Waals surface area contributed by atoms with Crippen molar-refractivity contribution in [3.8, 4) is 5.69 Å². The summed E-state index contributed by atoms with van der Waals surface area (Å²) in [5.74, 6) is 0.646. The third kappa shape index (κ3) is 4.53. The van der Waals surface area contributed by atoms with E-state index in [0.717, 1.165) is 37.5 Å². The molecule has 0 N–H and O–H groups in total. The van der Waals surface area contributed by atoms with Crippen LogP contribution in [0.2, 0.25) is 0 Å². The smallest absolute Gasteiger partial charge is 0.160 e. The topological polar surface area (TPSA) is 30.3 Å². The molecule has 0 spiro atoms. The first-order chi connectivity index (χ1) is 11.2. The summed E-state index contributed by atoms with van der Waals surface area (Å²) in [7, 11) is 0. The lowest BCUT2D eigenvalue weighted by atomic mass is 10.3. The van der Waals surface area contributed by atoms with E-state index < -0.39 is 11.6 Å². The minimum Gasteiger partial charge on any atom is -0.374 e. The molecule has 1 aliphatic heterocycles. The molecule has 1 aromatic carbocycles. The molecule has 3 rings (SSSR count). The van der Waals surface area contributed by atoms with Gasteiger partial charge in [0.15, 0.2) is 11.6 Å². The van der Waals surface area contributed by atoms with Crippen molar-refractivity contribution in [2.75, 3.05) is 37.7 Å². The zero-order chi connectivity index (χ0) is 16.1. The molecular weight excluding hydrogens is 320 g/mol. The standard InChI is InChI=1S/C16H19F2N3OS/c17-15-2-1-14(11-16(15)18)21-4-3-13(19-21)12-22-8-5-20-6-9-23-10-7-20/h1-4,11H,5-10,12H2. The van der Waals surface area contributed by atoms with E-state index in [-0.39, 0.29) is 0 Å². The first-order valence-corrected chi connectivity index (χ1v) is 8.76. The van der Waals surface area contributed by atoms with Crippen LogP contribution in [-0.2, 0) is 11.3 Å². The number of thioether (sulfide) groups is 1. The monoisotopic (exact) mass is 339 g/mol. The largest absolute Gasteiger partial charge is 0.374 e. The Balaban J connectivity index is 1.48. The van der Waals surface area contributed by atoms with Crippen molar-refractivity contribution in [3.63, 3.8) is 0 Å². The van der Waals surface area contributed by atoms with Crippen molar-refractivity contribution in [1.29, 1.82) is 0 Å². The molecule has 0 amide bonds. The molecule has 1 aromatic heterocycles. The molecule has 1 aliphatic rings. The molecule has 1 fully saturated rings. The summed E-state index contributed by atoms with van der Waals surface area (Å²) >= 11 is 1.99. The Labute approximate surface area is 138 Å². The van der Waals surface area contributed by atoms with Crippen molar-refractivity contribution in [1.82, 2.24) is 14.7 Å². The van der Waals surface area contributed by atoms with Gasteiger partial charge in [-0.1, -0.05) is 0 Å². The summed E-state index contributed by atoms with van der Waals surface area (Å²) < 4.78 is 33.4. The highest BCUT2D eigenvalue weighted by molar-refractivity contribution is 7.99. The second kappa shape index (κ2) is 7.90. The average Bonchev–Trinajstić information content (AvgIpc) is 3.04. The number of aromatic nitrogens is 2. The summed E-state index contributed by atoms with van der Waals surface area (Å²) in [5, 5.41) is 4.32. The van der Waals surface area contributed by atoms with E-state index in [2.05, 4.69) is 10.00 Å². The van der Waals surface area contributed by atoms with Gasteiger partial charge < -0.3 is 4.74 Å². The minimum atomic E-state index is -0.879. The Kier molecular flexibility index (Phi) is 5.64. The maximum atomic E-state index is 13.2. The SMILES string of the molecule is Fc1ccc(-n2ccc(COCCN3CCSCC3)n2)cc1F. The lowest BCUT2D eigenvalue weighted by molar-refractivity contribution is 0.0933. The summed E-state index contributed by atoms with van der Waals surface area (Å²) in [6.07, 6.45) is 1.72. The number of rotatable bonds is 6. The van der Waals surface area contributed by atoms with E-state index >= 15 is 0 Å². The molecule has 0 radical (unpaired) electrons. The fourth-order valence-corrected chi connectivity index (χ4v) is 3.38. The molecule has 7 heteroatoms. The maximum absolute atomic E-state index is 13.2. The molecule has 2 aromatic rings. The Bertz CT molecular complexity index is 644. The van der Waals surface area contributed by atoms with Gasteiger partial charge in [0, 0.05) is 43.4 Å². The van der Waals surface area contributed by atoms with Gasteiger partial charge in [-0.25, -0.2) is 13.5 Å². The van der Waals surface area contributed by atoms with Gasteiger partial charge in [0.1, 0.15) is 0 Å². The van der Waals surface area contributed by atoms with Crippen LogP contribution in [-0.4, -0.2) is 52.4 Å². The molecule has 2 heterocycles. The molecule has 0 bridgehead atoms. The summed E-state index contributed by atoms with van der Waals surface area (Å²) in [5.41, 5.74) is 1.25. The lowest BCUT2D eigenvalue weighted by Gasteiger charge is -2.25. The Hall–Kier alpha value is -1.44. The number of hydrogen-bond acceptors (Lipinski definition) is 4. The van der Waals surface area contributed by atoms with Crippen LogP contribution in [0.3, 0.4) is 0 Å². The average molecular weight is 339 g/mol. The second-order valence-electron chi connectivity index (χ2n) is 5.36. The van der Waals surface area contributed by atoms with E-state index in [1.807, 2.05) is 17.8 Å². The van der Waals surface area contributed by atoms with E-state index in [1.54, 1.807) is 6.20 Å². The molecule has 0 unspecified atom stereocenters. The summed E-state index contributed by atoms with van der Waals surface area (Å²) in [6.45, 7) is 4.27. The number of nitrogens with zero attached hydrogens (tertiary/aromatic N) is 3. The molecule has 23 heavy (non-hydrogen) atoms. The van der Waals surface area contributed by atoms with Gasteiger partial charge in [-0.3, -0.25) is 4.90 Å². The Morgan fingerprint density at radius 1 is 1.13 bits per heavy atom. The molecule has 0 atom stereocenters. The highest BCUT2D eigenvalue weighted by Gasteiger charge is 2.10. The highest BCUT2D eigenvalue weighted by atomic mass is 32.2. The zero-order valence-electron chi connectivity index (χ0n) is 12.8. The van der Waals surface area contributed by atoms with Crippen LogP contribution in [0.25, 0.3) is 5.69 Å². The van der Waals surface area contributed by atoms with Gasteiger partial charge in [-0.05, 0) is 18.2 Å². The van der Waals surface area contributed by atoms with Crippen LogP contribution < -0.4 is 0 Å². The van der Waals surface area contributed by atoms with E-state index in [4.69, 9.17) is 4.74 Å². The van der Waals surface area contributed by atoms with Crippen LogP contribution in [0.4, 0.5) is 8.78 Å². The number of benzene rings is 1. The highest BCUT2D eigenvalue weighted by Crippen LogP contribution is 2.13. The van der Waals surface area contributed by atoms with Crippen molar-refractivity contribution in [2.24, 2.45) is 0 Å². The first-order valence-electron chi connectivity index (χ1n) is 7.60. The van der Waals surface area contributed by atoms with Gasteiger partial charge >= 0.3 is 0 Å². The van der Waals surface area contributed by atoms with Crippen molar-refractivity contribution >= 4 is 11.8 Å². The van der Waals surface area contributed by atoms with Gasteiger partial charge in [-0.2, -0.15) is 16.9 Å². The molecule has 1 saturated heterocycles. The molecule has 4 nitrogen and oxygen atoms in total. The maximum Gasteiger partial charge on any atom is 0.160 e. The van der Waals surface area contributed by atoms with Crippen molar-refractivity contribution in [2.45, 2.75) is 6.61 Å². The quantitative estimate of drug-likeness (QED) is 0.757. The van der Waals surface area contributed by atoms with Crippen LogP contribution in [0, 0.1) is 11.6 Å². The van der Waals surface area contributed by atoms with Gasteiger partial charge in [-0.15, -0.1) is 0 Å². The number of halogens is 2. The van der Waals surface area contributed by atoms with Gasteiger partial charge in [0.2, 0.25) is 0 Å². The van der Waals surface area contributed by atoms with E-state index in [0.29, 0.717) is 18.9 Å². The summed E-state index contributed by atoms with van der Waals surface area (Å²) in [6, 6.07) is 5.53. The molecule has 0 saturated carbocycles. The lowest BCUT2D eigenvalue weighted by Crippen LogP contribution is -2.35. The third-order valence-electron chi connectivity index (χ3n) is 3.72. The van der Waals surface area contributed by atoms with Crippen molar-refractivity contribution in [3.05, 3.63) is 47.8 Å². The number of hydrogen-bond donors (Lipinski definition) is 0. The van der Waals surface area contributed by atoms with E-state index in [9.17, 15) is 8.78 Å². The molecule has 124 valence electrons. The Morgan fingerprint density at radius 3 is 2.74 bits per heavy atom. The van der Waals surface area contributed by atoms with E-state index in [1.165, 1.54) is 22.3 Å². The Morgan fingerprint density at radius 2 is 1.96 bits per heavy atom. The fourth-order valence-electron chi connectivity index (χ4n) is 2.41. The number of ether oxygens (including phenoxy) is 1. The van der Waals surface area contributed by atoms with Crippen LogP contribution >= 0.6 is 11.8 Å². The normalized spacial score (nSPS) is 15.9.